The van der Waals surface area contributed by atoms with Crippen LogP contribution in [0.4, 0.5) is 15.8 Å². The summed E-state index contributed by atoms with van der Waals surface area (Å²) in [6.07, 6.45) is -0.932. The molecule has 5 rings (SSSR count). The van der Waals surface area contributed by atoms with Crippen molar-refractivity contribution in [1.82, 2.24) is 0 Å². The van der Waals surface area contributed by atoms with Gasteiger partial charge in [0, 0.05) is 0 Å². The molecule has 3 aromatic carbocycles. The van der Waals surface area contributed by atoms with E-state index in [1.807, 2.05) is 60.7 Å². The van der Waals surface area contributed by atoms with Crippen LogP contribution in [-0.4, -0.2) is 17.9 Å². The molecule has 0 aromatic heterocycles. The molecule has 2 heterocycles. The Kier molecular flexibility index (Phi) is 4.14. The third-order valence-corrected chi connectivity index (χ3v) is 5.35. The van der Waals surface area contributed by atoms with E-state index in [9.17, 15) is 14.0 Å². The molecule has 29 heavy (non-hydrogen) atoms. The first kappa shape index (κ1) is 17.6. The Bertz CT molecular complexity index is 1060. The summed E-state index contributed by atoms with van der Waals surface area (Å²) in [5.74, 6) is -1.92. The first-order valence-electron chi connectivity index (χ1n) is 9.34. The van der Waals surface area contributed by atoms with Crippen molar-refractivity contribution in [2.75, 3.05) is 9.96 Å². The van der Waals surface area contributed by atoms with Crippen LogP contribution in [0.15, 0.2) is 84.9 Å². The third-order valence-electron chi connectivity index (χ3n) is 5.35. The van der Waals surface area contributed by atoms with Gasteiger partial charge in [0.2, 0.25) is 5.91 Å². The summed E-state index contributed by atoms with van der Waals surface area (Å²) in [5.41, 5.74) is 1.99. The summed E-state index contributed by atoms with van der Waals surface area (Å²) in [6.45, 7) is 0. The van der Waals surface area contributed by atoms with E-state index in [1.165, 1.54) is 24.3 Å². The second-order valence-electron chi connectivity index (χ2n) is 7.06. The van der Waals surface area contributed by atoms with Gasteiger partial charge in [-0.25, -0.2) is 14.4 Å². The molecular weight excluding hydrogens is 371 g/mol. The second-order valence-corrected chi connectivity index (χ2v) is 7.06. The highest BCUT2D eigenvalue weighted by Gasteiger charge is 2.60. The number of rotatable bonds is 3. The predicted molar refractivity (Wildman–Crippen MR) is 105 cm³/mol. The Morgan fingerprint density at radius 1 is 0.724 bits per heavy atom. The van der Waals surface area contributed by atoms with E-state index in [0.29, 0.717) is 5.69 Å². The van der Waals surface area contributed by atoms with Gasteiger partial charge in [-0.3, -0.25) is 14.4 Å². The van der Waals surface area contributed by atoms with Crippen molar-refractivity contribution in [2.45, 2.75) is 12.1 Å². The molecule has 6 heteroatoms. The van der Waals surface area contributed by atoms with Crippen LogP contribution in [-0.2, 0) is 14.4 Å². The van der Waals surface area contributed by atoms with Gasteiger partial charge in [-0.05, 0) is 42.0 Å². The highest BCUT2D eigenvalue weighted by atomic mass is 19.1. The minimum atomic E-state index is -0.932. The molecule has 0 bridgehead atoms. The Hall–Kier alpha value is -3.51. The molecule has 3 unspecified atom stereocenters. The number of nitrogens with zero attached hydrogens (tertiary/aromatic N) is 2. The normalized spacial score (nSPS) is 23.6. The molecule has 2 aliphatic rings. The summed E-state index contributed by atoms with van der Waals surface area (Å²) in [6, 6.07) is 23.8. The zero-order valence-electron chi connectivity index (χ0n) is 15.3. The van der Waals surface area contributed by atoms with Gasteiger partial charge in [0.05, 0.1) is 17.4 Å². The van der Waals surface area contributed by atoms with Crippen LogP contribution in [0.1, 0.15) is 11.6 Å². The van der Waals surface area contributed by atoms with Crippen molar-refractivity contribution in [3.8, 4) is 0 Å². The monoisotopic (exact) mass is 388 g/mol. The molecule has 3 atom stereocenters. The molecule has 0 saturated carbocycles. The third kappa shape index (κ3) is 2.80. The second kappa shape index (κ2) is 6.83. The van der Waals surface area contributed by atoms with Crippen LogP contribution in [0.2, 0.25) is 0 Å². The molecule has 5 nitrogen and oxygen atoms in total. The Balaban J connectivity index is 1.58. The molecule has 0 radical (unpaired) electrons. The molecule has 2 aliphatic heterocycles. The topological polar surface area (TPSA) is 49.9 Å². The number of anilines is 2. The summed E-state index contributed by atoms with van der Waals surface area (Å²) in [4.78, 5) is 33.6. The van der Waals surface area contributed by atoms with Crippen molar-refractivity contribution in [1.29, 1.82) is 0 Å². The number of hydrogen-bond acceptors (Lipinski definition) is 4. The van der Waals surface area contributed by atoms with E-state index < -0.39 is 29.8 Å². The molecule has 2 saturated heterocycles. The zero-order chi connectivity index (χ0) is 20.0. The summed E-state index contributed by atoms with van der Waals surface area (Å²) in [5, 5.41) is 1.66. The first-order valence-corrected chi connectivity index (χ1v) is 9.34. The van der Waals surface area contributed by atoms with Gasteiger partial charge in [0.25, 0.3) is 5.91 Å². The van der Waals surface area contributed by atoms with Crippen LogP contribution in [0, 0.1) is 11.7 Å². The van der Waals surface area contributed by atoms with Crippen molar-refractivity contribution in [3.05, 3.63) is 96.3 Å². The van der Waals surface area contributed by atoms with E-state index in [0.717, 1.165) is 16.2 Å². The van der Waals surface area contributed by atoms with Gasteiger partial charge in [-0.1, -0.05) is 48.5 Å². The fourth-order valence-electron chi connectivity index (χ4n) is 4.05. The number of hydrogen-bond donors (Lipinski definition) is 0. The maximum Gasteiger partial charge on any atom is 0.266 e. The quantitative estimate of drug-likeness (QED) is 0.639. The van der Waals surface area contributed by atoms with Crippen molar-refractivity contribution >= 4 is 23.2 Å². The van der Waals surface area contributed by atoms with Crippen LogP contribution in [0.25, 0.3) is 0 Å². The van der Waals surface area contributed by atoms with Gasteiger partial charge < -0.3 is 0 Å². The standard InChI is InChI=1S/C23H17FN2O3/c24-16-11-13-17(14-12-16)25-22(27)19-20(15-7-3-1-4-8-15)26(29-21(19)23(25)28)18-9-5-2-6-10-18/h1-14,19-21H. The number of benzene rings is 3. The Morgan fingerprint density at radius 3 is 2.00 bits per heavy atom. The van der Waals surface area contributed by atoms with E-state index in [2.05, 4.69) is 0 Å². The van der Waals surface area contributed by atoms with E-state index in [1.54, 1.807) is 5.06 Å². The van der Waals surface area contributed by atoms with Crippen molar-refractivity contribution in [3.63, 3.8) is 0 Å². The van der Waals surface area contributed by atoms with Crippen LogP contribution in [0.5, 0.6) is 0 Å². The van der Waals surface area contributed by atoms with E-state index >= 15 is 0 Å². The minimum absolute atomic E-state index is 0.345. The molecule has 0 spiro atoms. The van der Waals surface area contributed by atoms with Crippen LogP contribution >= 0.6 is 0 Å². The number of hydroxylamine groups is 1. The van der Waals surface area contributed by atoms with Gasteiger partial charge >= 0.3 is 0 Å². The van der Waals surface area contributed by atoms with Gasteiger partial charge in [-0.2, -0.15) is 0 Å². The number of para-hydroxylation sites is 1. The van der Waals surface area contributed by atoms with Crippen LogP contribution in [0.3, 0.4) is 0 Å². The lowest BCUT2D eigenvalue weighted by Gasteiger charge is -2.28. The average molecular weight is 388 g/mol. The number of amides is 2. The van der Waals surface area contributed by atoms with Gasteiger partial charge in [0.15, 0.2) is 6.10 Å². The molecule has 144 valence electrons. The SMILES string of the molecule is O=C1C2ON(c3ccccc3)C(c3ccccc3)C2C(=O)N1c1ccc(F)cc1. The first-order chi connectivity index (χ1) is 14.1. The smallest absolute Gasteiger partial charge is 0.266 e. The Labute approximate surface area is 166 Å². The largest absolute Gasteiger partial charge is 0.273 e. The molecule has 3 aromatic rings. The highest BCUT2D eigenvalue weighted by Crippen LogP contribution is 2.47. The number of imide groups is 1. The number of carbonyl (C=O) groups excluding carboxylic acids is 2. The predicted octanol–water partition coefficient (Wildman–Crippen LogP) is 3.88. The lowest BCUT2D eigenvalue weighted by atomic mass is 9.90. The fourth-order valence-corrected chi connectivity index (χ4v) is 4.05. The maximum absolute atomic E-state index is 13.3. The van der Waals surface area contributed by atoms with E-state index in [-0.39, 0.29) is 5.91 Å². The minimum Gasteiger partial charge on any atom is -0.273 e. The lowest BCUT2D eigenvalue weighted by Crippen LogP contribution is -2.37. The maximum atomic E-state index is 13.3. The number of halogens is 1. The van der Waals surface area contributed by atoms with Crippen LogP contribution < -0.4 is 9.96 Å². The molecule has 2 amide bonds. The lowest BCUT2D eigenvalue weighted by molar-refractivity contribution is -0.126. The zero-order valence-corrected chi connectivity index (χ0v) is 15.3. The highest BCUT2D eigenvalue weighted by molar-refractivity contribution is 6.23. The molecule has 0 N–H and O–H groups in total. The molecule has 2 fully saturated rings. The van der Waals surface area contributed by atoms with E-state index in [4.69, 9.17) is 4.84 Å². The molecular formula is C23H17FN2O3. The Morgan fingerprint density at radius 2 is 1.34 bits per heavy atom. The average Bonchev–Trinajstić information content (AvgIpc) is 3.27. The fraction of sp³-hybridized carbons (Fsp3) is 0.130. The summed E-state index contributed by atoms with van der Waals surface area (Å²) in [7, 11) is 0. The van der Waals surface area contributed by atoms with Crippen molar-refractivity contribution in [2.24, 2.45) is 5.92 Å². The molecule has 0 aliphatic carbocycles. The number of carbonyl (C=O) groups is 2. The van der Waals surface area contributed by atoms with Gasteiger partial charge in [-0.15, -0.1) is 0 Å². The van der Waals surface area contributed by atoms with Gasteiger partial charge in [0.1, 0.15) is 11.7 Å². The van der Waals surface area contributed by atoms with Crippen molar-refractivity contribution < 1.29 is 18.8 Å². The summed E-state index contributed by atoms with van der Waals surface area (Å²) < 4.78 is 13.3. The number of fused-ring (bicyclic) bond motifs is 1. The summed E-state index contributed by atoms with van der Waals surface area (Å²) >= 11 is 0.